The van der Waals surface area contributed by atoms with Gasteiger partial charge >= 0.3 is 0 Å². The van der Waals surface area contributed by atoms with Crippen LogP contribution in [0.5, 0.6) is 0 Å². The molecule has 0 aliphatic heterocycles. The van der Waals surface area contributed by atoms with Crippen LogP contribution in [0.15, 0.2) is 65.0 Å². The molecule has 0 aliphatic rings. The summed E-state index contributed by atoms with van der Waals surface area (Å²) in [6.45, 7) is 1.31. The van der Waals surface area contributed by atoms with E-state index in [4.69, 9.17) is 0 Å². The number of benzene rings is 1. The predicted octanol–water partition coefficient (Wildman–Crippen LogP) is 4.09. The van der Waals surface area contributed by atoms with E-state index in [-0.39, 0.29) is 5.91 Å². The van der Waals surface area contributed by atoms with Gasteiger partial charge in [0.05, 0.1) is 10.1 Å². The molecule has 6 heteroatoms. The smallest absolute Gasteiger partial charge is 0.244 e. The number of halogens is 1. The van der Waals surface area contributed by atoms with E-state index in [1.165, 1.54) is 5.56 Å². The molecule has 1 amide bonds. The van der Waals surface area contributed by atoms with E-state index in [0.29, 0.717) is 6.54 Å². The summed E-state index contributed by atoms with van der Waals surface area (Å²) in [6, 6.07) is 12.1. The zero-order valence-electron chi connectivity index (χ0n) is 12.9. The molecule has 0 atom stereocenters. The molecule has 0 fully saturated rings. The normalized spacial score (nSPS) is 11.0. The average Bonchev–Trinajstić information content (AvgIpc) is 3.24. The minimum Gasteiger partial charge on any atom is -0.348 e. The van der Waals surface area contributed by atoms with Crippen molar-refractivity contribution < 1.29 is 4.79 Å². The standard InChI is InChI=1S/C18H16BrN3OS/c19-17-7-5-16(24-17)6-8-18(23)21-11-14-1-3-15(4-2-14)12-22-10-9-20-13-22/h1-10,13H,11-12H2,(H,21,23)/b8-6+. The van der Waals surface area contributed by atoms with Crippen molar-refractivity contribution in [1.82, 2.24) is 14.9 Å². The highest BCUT2D eigenvalue weighted by molar-refractivity contribution is 9.11. The van der Waals surface area contributed by atoms with Crippen molar-refractivity contribution in [1.29, 1.82) is 0 Å². The first-order valence-electron chi connectivity index (χ1n) is 7.44. The summed E-state index contributed by atoms with van der Waals surface area (Å²) in [5, 5.41) is 2.89. The lowest BCUT2D eigenvalue weighted by atomic mass is 10.1. The fraction of sp³-hybridized carbons (Fsp3) is 0.111. The van der Waals surface area contributed by atoms with Crippen LogP contribution in [0, 0.1) is 0 Å². The third-order valence-electron chi connectivity index (χ3n) is 3.41. The number of carbonyl (C=O) groups excluding carboxylic acids is 1. The van der Waals surface area contributed by atoms with Gasteiger partial charge in [0.2, 0.25) is 5.91 Å². The number of thiophene rings is 1. The Bertz CT molecular complexity index is 822. The minimum absolute atomic E-state index is 0.0954. The monoisotopic (exact) mass is 401 g/mol. The zero-order valence-corrected chi connectivity index (χ0v) is 15.3. The average molecular weight is 402 g/mol. The van der Waals surface area contributed by atoms with Gasteiger partial charge in [0, 0.05) is 36.4 Å². The van der Waals surface area contributed by atoms with Crippen LogP contribution in [0.3, 0.4) is 0 Å². The molecule has 24 heavy (non-hydrogen) atoms. The second-order valence-electron chi connectivity index (χ2n) is 5.24. The molecular weight excluding hydrogens is 386 g/mol. The Morgan fingerprint density at radius 3 is 2.67 bits per heavy atom. The molecule has 0 saturated heterocycles. The Balaban J connectivity index is 1.49. The number of hydrogen-bond acceptors (Lipinski definition) is 3. The van der Waals surface area contributed by atoms with E-state index >= 15 is 0 Å². The molecule has 1 N–H and O–H groups in total. The first kappa shape index (κ1) is 16.7. The van der Waals surface area contributed by atoms with Crippen molar-refractivity contribution in [3.05, 3.63) is 81.0 Å². The van der Waals surface area contributed by atoms with Crippen LogP contribution < -0.4 is 5.32 Å². The molecule has 4 nitrogen and oxygen atoms in total. The summed E-state index contributed by atoms with van der Waals surface area (Å²) in [4.78, 5) is 16.9. The Morgan fingerprint density at radius 1 is 1.21 bits per heavy atom. The summed E-state index contributed by atoms with van der Waals surface area (Å²) in [6.07, 6.45) is 8.89. The molecule has 3 rings (SSSR count). The molecular formula is C18H16BrN3OS. The highest BCUT2D eigenvalue weighted by Gasteiger charge is 2.00. The Labute approximate surface area is 153 Å². The molecule has 0 radical (unpaired) electrons. The van der Waals surface area contributed by atoms with Crippen LogP contribution in [0.1, 0.15) is 16.0 Å². The van der Waals surface area contributed by atoms with Gasteiger partial charge in [0.1, 0.15) is 0 Å². The van der Waals surface area contributed by atoms with E-state index in [9.17, 15) is 4.79 Å². The number of rotatable bonds is 6. The fourth-order valence-corrected chi connectivity index (χ4v) is 3.50. The van der Waals surface area contributed by atoms with Crippen molar-refractivity contribution in [2.75, 3.05) is 0 Å². The maximum absolute atomic E-state index is 11.9. The van der Waals surface area contributed by atoms with Gasteiger partial charge in [-0.25, -0.2) is 4.98 Å². The molecule has 2 heterocycles. The summed E-state index contributed by atoms with van der Waals surface area (Å²) >= 11 is 4.99. The van der Waals surface area contributed by atoms with Gasteiger partial charge in [-0.15, -0.1) is 11.3 Å². The maximum atomic E-state index is 11.9. The predicted molar refractivity (Wildman–Crippen MR) is 101 cm³/mol. The molecule has 2 aromatic heterocycles. The number of imidazole rings is 1. The third-order valence-corrected chi connectivity index (χ3v) is 5.00. The van der Waals surface area contributed by atoms with Crippen molar-refractivity contribution in [2.24, 2.45) is 0 Å². The van der Waals surface area contributed by atoms with Crippen LogP contribution in [-0.4, -0.2) is 15.5 Å². The molecule has 0 unspecified atom stereocenters. The summed E-state index contributed by atoms with van der Waals surface area (Å²) in [5.74, 6) is -0.0954. The number of amides is 1. The molecule has 3 aromatic rings. The first-order valence-corrected chi connectivity index (χ1v) is 9.05. The molecule has 122 valence electrons. The lowest BCUT2D eigenvalue weighted by Gasteiger charge is -2.06. The quantitative estimate of drug-likeness (QED) is 0.632. The topological polar surface area (TPSA) is 46.9 Å². The molecule has 0 spiro atoms. The minimum atomic E-state index is -0.0954. The maximum Gasteiger partial charge on any atom is 0.244 e. The van der Waals surface area contributed by atoms with Gasteiger partial charge in [0.15, 0.2) is 0 Å². The summed E-state index contributed by atoms with van der Waals surface area (Å²) in [5.41, 5.74) is 2.27. The number of aromatic nitrogens is 2. The molecule has 1 aromatic carbocycles. The first-order chi connectivity index (χ1) is 11.7. The number of hydrogen-bond donors (Lipinski definition) is 1. The van der Waals surface area contributed by atoms with Crippen LogP contribution in [0.25, 0.3) is 6.08 Å². The van der Waals surface area contributed by atoms with Crippen LogP contribution in [0.2, 0.25) is 0 Å². The number of carbonyl (C=O) groups is 1. The van der Waals surface area contributed by atoms with E-state index in [0.717, 1.165) is 20.8 Å². The highest BCUT2D eigenvalue weighted by Crippen LogP contribution is 2.22. The Morgan fingerprint density at radius 2 is 2.00 bits per heavy atom. The third kappa shape index (κ3) is 4.91. The van der Waals surface area contributed by atoms with Gasteiger partial charge in [-0.05, 0) is 45.3 Å². The van der Waals surface area contributed by atoms with E-state index < -0.39 is 0 Å². The highest BCUT2D eigenvalue weighted by atomic mass is 79.9. The van der Waals surface area contributed by atoms with Crippen LogP contribution >= 0.6 is 27.3 Å². The van der Waals surface area contributed by atoms with E-state index in [2.05, 4.69) is 38.4 Å². The van der Waals surface area contributed by atoms with Crippen molar-refractivity contribution in [3.63, 3.8) is 0 Å². The lowest BCUT2D eigenvalue weighted by molar-refractivity contribution is -0.116. The zero-order chi connectivity index (χ0) is 16.8. The second kappa shape index (κ2) is 8.08. The molecule has 0 saturated carbocycles. The summed E-state index contributed by atoms with van der Waals surface area (Å²) in [7, 11) is 0. The Kier molecular flexibility index (Phi) is 5.61. The van der Waals surface area contributed by atoms with E-state index in [1.54, 1.807) is 29.9 Å². The van der Waals surface area contributed by atoms with Crippen molar-refractivity contribution in [3.8, 4) is 0 Å². The molecule has 0 aliphatic carbocycles. The van der Waals surface area contributed by atoms with Gasteiger partial charge in [-0.1, -0.05) is 24.3 Å². The second-order valence-corrected chi connectivity index (χ2v) is 7.74. The SMILES string of the molecule is O=C(/C=C/c1ccc(Br)s1)NCc1ccc(Cn2ccnc2)cc1. The Hall–Kier alpha value is -2.18. The van der Waals surface area contributed by atoms with Crippen molar-refractivity contribution in [2.45, 2.75) is 13.1 Å². The van der Waals surface area contributed by atoms with Gasteiger partial charge in [-0.3, -0.25) is 4.79 Å². The lowest BCUT2D eigenvalue weighted by Crippen LogP contribution is -2.20. The van der Waals surface area contributed by atoms with Crippen molar-refractivity contribution >= 4 is 39.2 Å². The van der Waals surface area contributed by atoms with E-state index in [1.807, 2.05) is 41.1 Å². The molecule has 0 bridgehead atoms. The summed E-state index contributed by atoms with van der Waals surface area (Å²) < 4.78 is 3.07. The van der Waals surface area contributed by atoms with Gasteiger partial charge < -0.3 is 9.88 Å². The van der Waals surface area contributed by atoms with Crippen LogP contribution in [0.4, 0.5) is 0 Å². The fourth-order valence-electron chi connectivity index (χ4n) is 2.18. The van der Waals surface area contributed by atoms with Crippen LogP contribution in [-0.2, 0) is 17.9 Å². The number of nitrogens with one attached hydrogen (secondary N) is 1. The van der Waals surface area contributed by atoms with Gasteiger partial charge in [-0.2, -0.15) is 0 Å². The largest absolute Gasteiger partial charge is 0.348 e. The van der Waals surface area contributed by atoms with Gasteiger partial charge in [0.25, 0.3) is 0 Å². The number of nitrogens with zero attached hydrogens (tertiary/aromatic N) is 2.